The molecule has 1 nitrogen and oxygen atoms in total. The van der Waals surface area contributed by atoms with Gasteiger partial charge in [0.15, 0.2) is 0 Å². The van der Waals surface area contributed by atoms with Crippen LogP contribution in [0.15, 0.2) is 0 Å². The van der Waals surface area contributed by atoms with Crippen LogP contribution in [0.5, 0.6) is 0 Å². The fourth-order valence-corrected chi connectivity index (χ4v) is 0. The maximum absolute atomic E-state index is 0. The molecule has 0 aliphatic rings. The number of hydrogen-bond donors (Lipinski definition) is 0. The minimum Gasteiger partial charge on any atom is -2.00 e. The summed E-state index contributed by atoms with van der Waals surface area (Å²) >= 11 is 0. The van der Waals surface area contributed by atoms with Gasteiger partial charge in [0.1, 0.15) is 0 Å². The van der Waals surface area contributed by atoms with Gasteiger partial charge in [0.05, 0.1) is 0 Å². The standard InChI is InChI=1S/Al.Ca.Mg.O.Si.2H/q;;+2;-2;;;. The molecule has 0 amide bonds. The van der Waals surface area contributed by atoms with Crippen molar-refractivity contribution in [2.75, 3.05) is 0 Å². The predicted octanol–water partition coefficient (Wildman–Crippen LogP) is -2.18. The van der Waals surface area contributed by atoms with E-state index in [0.717, 1.165) is 0 Å². The van der Waals surface area contributed by atoms with Crippen molar-refractivity contribution >= 4 is 89.1 Å². The van der Waals surface area contributed by atoms with E-state index in [9.17, 15) is 0 Å². The molecule has 0 saturated carbocycles. The van der Waals surface area contributed by atoms with Gasteiger partial charge in [0.2, 0.25) is 0 Å². The first-order chi connectivity index (χ1) is 0. The third-order valence-corrected chi connectivity index (χ3v) is 0. The number of rotatable bonds is 0. The summed E-state index contributed by atoms with van der Waals surface area (Å²) in [6.07, 6.45) is 0. The quantitative estimate of drug-likeness (QED) is 0.340. The average Bonchev–Trinajstić information content (AvgIpc) is 0. The molecule has 0 atom stereocenters. The van der Waals surface area contributed by atoms with Crippen LogP contribution in [0.3, 0.4) is 0 Å². The summed E-state index contributed by atoms with van der Waals surface area (Å²) in [4.78, 5) is 0. The van der Waals surface area contributed by atoms with Gasteiger partial charge in [0.25, 0.3) is 0 Å². The summed E-state index contributed by atoms with van der Waals surface area (Å²) in [5, 5.41) is 0. The van der Waals surface area contributed by atoms with Crippen molar-refractivity contribution < 1.29 is 5.48 Å². The zero-order chi connectivity index (χ0) is 0. The van der Waals surface area contributed by atoms with E-state index in [4.69, 9.17) is 0 Å². The molecule has 5 heavy (non-hydrogen) atoms. The molecule has 0 rings (SSSR count). The molecule has 19 valence electrons. The van der Waals surface area contributed by atoms with Crippen LogP contribution in [-0.4, -0.2) is 89.1 Å². The topological polar surface area (TPSA) is 28.5 Å². The monoisotopic (exact) mass is 137 g/mol. The third kappa shape index (κ3) is 20.2. The van der Waals surface area contributed by atoms with E-state index in [-0.39, 0.29) is 94.6 Å². The molecule has 0 aliphatic carbocycles. The van der Waals surface area contributed by atoms with Gasteiger partial charge in [-0.25, -0.2) is 0 Å². The maximum atomic E-state index is 0. The summed E-state index contributed by atoms with van der Waals surface area (Å²) in [5.74, 6) is 0. The second-order valence-electron chi connectivity index (χ2n) is 0. The molecule has 0 aromatic carbocycles. The molecule has 0 bridgehead atoms. The third-order valence-electron chi connectivity index (χ3n) is 0. The molecule has 0 heterocycles. The van der Waals surface area contributed by atoms with Crippen molar-refractivity contribution in [3.05, 3.63) is 0 Å². The first-order valence-electron chi connectivity index (χ1n) is 0. The molecule has 0 spiro atoms. The van der Waals surface area contributed by atoms with Crippen LogP contribution in [0.25, 0.3) is 0 Å². The van der Waals surface area contributed by atoms with E-state index in [1.54, 1.807) is 0 Å². The average molecular weight is 137 g/mol. The summed E-state index contributed by atoms with van der Waals surface area (Å²) in [6.45, 7) is 0. The molecule has 0 aliphatic heterocycles. The van der Waals surface area contributed by atoms with Crippen LogP contribution in [0.1, 0.15) is 0 Å². The fraction of sp³-hybridized carbons (Fsp3) is 0. The Bertz CT molecular complexity index is 11.6. The molecule has 0 aromatic heterocycles. The van der Waals surface area contributed by atoms with Crippen LogP contribution in [0.2, 0.25) is 0 Å². The zero-order valence-corrected chi connectivity index (χ0v) is 5.76. The Kier molecular flexibility index (Phi) is 278. The van der Waals surface area contributed by atoms with Gasteiger partial charge < -0.3 is 5.48 Å². The van der Waals surface area contributed by atoms with Crippen molar-refractivity contribution in [1.82, 2.24) is 0 Å². The first-order valence-corrected chi connectivity index (χ1v) is 0. The second kappa shape index (κ2) is 29.6. The number of hydrogen-bond acceptors (Lipinski definition) is 0. The minimum atomic E-state index is 0. The van der Waals surface area contributed by atoms with Gasteiger partial charge in [-0.15, -0.1) is 0 Å². The Morgan fingerprint density at radius 2 is 1.00 bits per heavy atom. The molecule has 0 saturated heterocycles. The zero-order valence-electron chi connectivity index (χ0n) is 2.19. The summed E-state index contributed by atoms with van der Waals surface area (Å²) in [7, 11) is 0. The molecule has 7 radical (unpaired) electrons. The normalized spacial score (nSPS) is 0. The van der Waals surface area contributed by atoms with Gasteiger partial charge in [0, 0.05) is 28.3 Å². The van der Waals surface area contributed by atoms with E-state index in [1.807, 2.05) is 0 Å². The van der Waals surface area contributed by atoms with E-state index in [0.29, 0.717) is 0 Å². The Balaban J connectivity index is 0. The Hall–Kier alpha value is 2.74. The van der Waals surface area contributed by atoms with Crippen molar-refractivity contribution in [3.63, 3.8) is 0 Å². The van der Waals surface area contributed by atoms with Crippen LogP contribution < -0.4 is 0 Å². The van der Waals surface area contributed by atoms with E-state index >= 15 is 0 Å². The SMILES string of the molecule is [Al].[CaH2].[Mg+2].[O-2].[Si]. The molecule has 0 fully saturated rings. The van der Waals surface area contributed by atoms with Gasteiger partial charge in [-0.3, -0.25) is 0 Å². The maximum Gasteiger partial charge on any atom is 2.00 e. The van der Waals surface area contributed by atoms with E-state index < -0.39 is 0 Å². The van der Waals surface area contributed by atoms with Crippen LogP contribution in [0, 0.1) is 0 Å². The van der Waals surface area contributed by atoms with Gasteiger partial charge in [-0.2, -0.15) is 0 Å². The molecule has 5 heteroatoms. The van der Waals surface area contributed by atoms with Crippen LogP contribution >= 0.6 is 0 Å². The first kappa shape index (κ1) is 46.9. The van der Waals surface area contributed by atoms with Crippen molar-refractivity contribution in [3.8, 4) is 0 Å². The molecule has 0 N–H and O–H groups in total. The molecular weight excluding hydrogens is 135 g/mol. The van der Waals surface area contributed by atoms with Crippen LogP contribution in [-0.2, 0) is 5.48 Å². The summed E-state index contributed by atoms with van der Waals surface area (Å²) in [5.41, 5.74) is 0. The Labute approximate surface area is 92.9 Å². The van der Waals surface area contributed by atoms with Gasteiger partial charge in [-0.05, 0) is 0 Å². The molecule has 0 unspecified atom stereocenters. The largest absolute Gasteiger partial charge is 2.00 e. The molecule has 0 aromatic rings. The van der Waals surface area contributed by atoms with Gasteiger partial charge >= 0.3 is 60.8 Å². The van der Waals surface area contributed by atoms with Crippen LogP contribution in [0.4, 0.5) is 0 Å². The minimum absolute atomic E-state index is 0. The van der Waals surface area contributed by atoms with Crippen molar-refractivity contribution in [2.24, 2.45) is 0 Å². The second-order valence-corrected chi connectivity index (χ2v) is 0. The van der Waals surface area contributed by atoms with E-state index in [2.05, 4.69) is 0 Å². The van der Waals surface area contributed by atoms with Crippen molar-refractivity contribution in [2.45, 2.75) is 0 Å². The smallest absolute Gasteiger partial charge is 2.00 e. The predicted molar refractivity (Wildman–Crippen MR) is 26.5 cm³/mol. The van der Waals surface area contributed by atoms with E-state index in [1.165, 1.54) is 0 Å². The fourth-order valence-electron chi connectivity index (χ4n) is 0. The van der Waals surface area contributed by atoms with Gasteiger partial charge in [-0.1, -0.05) is 0 Å². The Morgan fingerprint density at radius 1 is 1.00 bits per heavy atom. The summed E-state index contributed by atoms with van der Waals surface area (Å²) in [6, 6.07) is 0. The summed E-state index contributed by atoms with van der Waals surface area (Å²) < 4.78 is 0. The molecular formula is H2AlCaMgOSi. The van der Waals surface area contributed by atoms with Crippen molar-refractivity contribution in [1.29, 1.82) is 0 Å². The Morgan fingerprint density at radius 3 is 1.00 bits per heavy atom.